The maximum Gasteiger partial charge on any atom is 0.152 e. The van der Waals surface area contributed by atoms with Gasteiger partial charge in [-0.2, -0.15) is 0 Å². The summed E-state index contributed by atoms with van der Waals surface area (Å²) in [6.07, 6.45) is 1.70. The van der Waals surface area contributed by atoms with Gasteiger partial charge in [-0.15, -0.1) is 10.2 Å². The second kappa shape index (κ2) is 5.99. The Morgan fingerprint density at radius 1 is 1.53 bits per heavy atom. The summed E-state index contributed by atoms with van der Waals surface area (Å²) in [7, 11) is 0. The van der Waals surface area contributed by atoms with Crippen LogP contribution in [0.5, 0.6) is 0 Å². The van der Waals surface area contributed by atoms with Gasteiger partial charge < -0.3 is 15.6 Å². The first-order valence-corrected chi connectivity index (χ1v) is 6.61. The first-order valence-electron chi connectivity index (χ1n) is 5.82. The lowest BCUT2D eigenvalue weighted by atomic mass is 10.1. The maximum absolute atomic E-state index is 6.10. The molecule has 100 valence electrons. The van der Waals surface area contributed by atoms with E-state index in [-0.39, 0.29) is 4.99 Å². The van der Waals surface area contributed by atoms with E-state index in [9.17, 15) is 0 Å². The molecule has 0 atom stereocenters. The maximum atomic E-state index is 6.10. The molecule has 0 spiro atoms. The highest BCUT2D eigenvalue weighted by Gasteiger charge is 2.10. The smallest absolute Gasteiger partial charge is 0.152 e. The minimum atomic E-state index is 0.269. The average Bonchev–Trinajstić information content (AvgIpc) is 2.83. The van der Waals surface area contributed by atoms with Crippen LogP contribution in [0, 0.1) is 0 Å². The molecule has 1 heterocycles. The van der Waals surface area contributed by atoms with Crippen molar-refractivity contribution < 1.29 is 0 Å². The van der Waals surface area contributed by atoms with Crippen LogP contribution >= 0.6 is 23.8 Å². The molecule has 0 aliphatic rings. The molecular formula is C12H14ClN5S. The SMILES string of the molecule is CCn1cnnc1CNc1cccc(Cl)c1C(N)=S. The first-order chi connectivity index (χ1) is 9.13. The molecule has 0 saturated heterocycles. The van der Waals surface area contributed by atoms with E-state index < -0.39 is 0 Å². The lowest BCUT2D eigenvalue weighted by molar-refractivity contribution is 0.708. The molecule has 2 rings (SSSR count). The normalized spacial score (nSPS) is 10.4. The van der Waals surface area contributed by atoms with Crippen molar-refractivity contribution in [2.45, 2.75) is 20.0 Å². The number of nitrogens with zero attached hydrogens (tertiary/aromatic N) is 3. The Morgan fingerprint density at radius 3 is 3.00 bits per heavy atom. The molecule has 1 aromatic heterocycles. The molecule has 7 heteroatoms. The molecule has 2 aromatic rings. The van der Waals surface area contributed by atoms with Crippen molar-refractivity contribution in [1.82, 2.24) is 14.8 Å². The van der Waals surface area contributed by atoms with E-state index in [4.69, 9.17) is 29.6 Å². The lowest BCUT2D eigenvalue weighted by Gasteiger charge is -2.12. The number of nitrogens with one attached hydrogen (secondary N) is 1. The van der Waals surface area contributed by atoms with Crippen LogP contribution in [-0.2, 0) is 13.1 Å². The van der Waals surface area contributed by atoms with Crippen LogP contribution in [0.2, 0.25) is 5.02 Å². The number of aryl methyl sites for hydroxylation is 1. The molecule has 5 nitrogen and oxygen atoms in total. The number of anilines is 1. The molecule has 0 amide bonds. The highest BCUT2D eigenvalue weighted by atomic mass is 35.5. The minimum absolute atomic E-state index is 0.269. The number of thiocarbonyl (C=S) groups is 1. The molecule has 0 aliphatic carbocycles. The molecule has 0 saturated carbocycles. The van der Waals surface area contributed by atoms with Gasteiger partial charge in [0.15, 0.2) is 5.82 Å². The van der Waals surface area contributed by atoms with Crippen molar-refractivity contribution >= 4 is 34.5 Å². The summed E-state index contributed by atoms with van der Waals surface area (Å²) in [5.41, 5.74) is 7.15. The van der Waals surface area contributed by atoms with Crippen molar-refractivity contribution in [3.05, 3.63) is 40.9 Å². The number of nitrogens with two attached hydrogens (primary N) is 1. The first kappa shape index (κ1) is 13.8. The van der Waals surface area contributed by atoms with Gasteiger partial charge in [0.2, 0.25) is 0 Å². The zero-order chi connectivity index (χ0) is 13.8. The van der Waals surface area contributed by atoms with E-state index in [1.165, 1.54) is 0 Å². The summed E-state index contributed by atoms with van der Waals surface area (Å²) >= 11 is 11.1. The minimum Gasteiger partial charge on any atom is -0.389 e. The van der Waals surface area contributed by atoms with Gasteiger partial charge in [0.25, 0.3) is 0 Å². The van der Waals surface area contributed by atoms with Gasteiger partial charge in [-0.05, 0) is 19.1 Å². The average molecular weight is 296 g/mol. The largest absolute Gasteiger partial charge is 0.389 e. The fourth-order valence-corrected chi connectivity index (χ4v) is 2.33. The van der Waals surface area contributed by atoms with Crippen LogP contribution in [-0.4, -0.2) is 19.8 Å². The Hall–Kier alpha value is -1.66. The monoisotopic (exact) mass is 295 g/mol. The number of hydrogen-bond acceptors (Lipinski definition) is 4. The Morgan fingerprint density at radius 2 is 2.32 bits per heavy atom. The van der Waals surface area contributed by atoms with Crippen LogP contribution in [0.4, 0.5) is 5.69 Å². The van der Waals surface area contributed by atoms with E-state index in [2.05, 4.69) is 15.5 Å². The van der Waals surface area contributed by atoms with Gasteiger partial charge in [-0.25, -0.2) is 0 Å². The molecule has 0 radical (unpaired) electrons. The second-order valence-corrected chi connectivity index (χ2v) is 4.76. The molecule has 0 unspecified atom stereocenters. The molecule has 1 aromatic carbocycles. The summed E-state index contributed by atoms with van der Waals surface area (Å²) in [6.45, 7) is 3.39. The van der Waals surface area contributed by atoms with E-state index in [0.29, 0.717) is 17.1 Å². The van der Waals surface area contributed by atoms with E-state index in [1.54, 1.807) is 12.4 Å². The van der Waals surface area contributed by atoms with Crippen molar-refractivity contribution in [1.29, 1.82) is 0 Å². The summed E-state index contributed by atoms with van der Waals surface area (Å²) in [4.78, 5) is 0.269. The van der Waals surface area contributed by atoms with Crippen LogP contribution in [0.1, 0.15) is 18.3 Å². The van der Waals surface area contributed by atoms with Gasteiger partial charge in [0.05, 0.1) is 17.1 Å². The zero-order valence-corrected chi connectivity index (χ0v) is 12.0. The van der Waals surface area contributed by atoms with Crippen molar-refractivity contribution in [3.8, 4) is 0 Å². The zero-order valence-electron chi connectivity index (χ0n) is 10.4. The quantitative estimate of drug-likeness (QED) is 0.828. The van der Waals surface area contributed by atoms with Gasteiger partial charge in [0, 0.05) is 12.2 Å². The van der Waals surface area contributed by atoms with Crippen LogP contribution < -0.4 is 11.1 Å². The number of aromatic nitrogens is 3. The number of benzene rings is 1. The second-order valence-electron chi connectivity index (χ2n) is 3.91. The lowest BCUT2D eigenvalue weighted by Crippen LogP contribution is -2.15. The third-order valence-electron chi connectivity index (χ3n) is 2.73. The third-order valence-corrected chi connectivity index (χ3v) is 3.25. The standard InChI is InChI=1S/C12H14ClN5S/c1-2-18-7-16-17-10(18)6-15-9-5-3-4-8(13)11(9)12(14)19/h3-5,7,15H,2,6H2,1H3,(H2,14,19). The topological polar surface area (TPSA) is 68.8 Å². The highest BCUT2D eigenvalue weighted by molar-refractivity contribution is 7.80. The van der Waals surface area contributed by atoms with Gasteiger partial charge in [-0.3, -0.25) is 0 Å². The summed E-state index contributed by atoms with van der Waals surface area (Å²) in [6, 6.07) is 5.49. The summed E-state index contributed by atoms with van der Waals surface area (Å²) < 4.78 is 1.96. The Bertz CT molecular complexity index is 596. The van der Waals surface area contributed by atoms with E-state index in [0.717, 1.165) is 18.1 Å². The Balaban J connectivity index is 2.20. The fourth-order valence-electron chi connectivity index (χ4n) is 1.78. The van der Waals surface area contributed by atoms with E-state index in [1.807, 2.05) is 23.6 Å². The number of hydrogen-bond donors (Lipinski definition) is 2. The van der Waals surface area contributed by atoms with Gasteiger partial charge >= 0.3 is 0 Å². The Kier molecular flexibility index (Phi) is 4.34. The predicted octanol–water partition coefficient (Wildman–Crippen LogP) is 2.20. The summed E-state index contributed by atoms with van der Waals surface area (Å²) in [5, 5.41) is 11.7. The van der Waals surface area contributed by atoms with Crippen LogP contribution in [0.15, 0.2) is 24.5 Å². The van der Waals surface area contributed by atoms with Gasteiger partial charge in [0.1, 0.15) is 11.3 Å². The molecule has 19 heavy (non-hydrogen) atoms. The fraction of sp³-hybridized carbons (Fsp3) is 0.250. The van der Waals surface area contributed by atoms with Crippen molar-refractivity contribution in [2.75, 3.05) is 5.32 Å². The highest BCUT2D eigenvalue weighted by Crippen LogP contribution is 2.24. The van der Waals surface area contributed by atoms with E-state index >= 15 is 0 Å². The molecule has 0 fully saturated rings. The van der Waals surface area contributed by atoms with Crippen LogP contribution in [0.3, 0.4) is 0 Å². The van der Waals surface area contributed by atoms with Gasteiger partial charge in [-0.1, -0.05) is 29.9 Å². The Labute approximate surface area is 121 Å². The number of rotatable bonds is 5. The molecular weight excluding hydrogens is 282 g/mol. The molecule has 0 bridgehead atoms. The van der Waals surface area contributed by atoms with Crippen molar-refractivity contribution in [2.24, 2.45) is 5.73 Å². The molecule has 0 aliphatic heterocycles. The van der Waals surface area contributed by atoms with Crippen molar-refractivity contribution in [3.63, 3.8) is 0 Å². The van der Waals surface area contributed by atoms with Crippen LogP contribution in [0.25, 0.3) is 0 Å². The third kappa shape index (κ3) is 3.02. The predicted molar refractivity (Wildman–Crippen MR) is 80.4 cm³/mol. The number of halogens is 1. The molecule has 3 N–H and O–H groups in total. The summed E-state index contributed by atoms with van der Waals surface area (Å²) in [5.74, 6) is 0.844.